The van der Waals surface area contributed by atoms with Crippen LogP contribution in [0.3, 0.4) is 0 Å². The highest BCUT2D eigenvalue weighted by Gasteiger charge is 2.49. The molecule has 1 aliphatic heterocycles. The Bertz CT molecular complexity index is 796. The standard InChI is InChI=1S/C18H18NO2P/c1-14-12-18(20,17-10-6-7-11-19-17)22(21,13-15(14)2)16-8-4-3-5-9-16/h3-13,20H,1-2H3/t18-,22-/m0/s1. The molecule has 0 bridgehead atoms. The van der Waals surface area contributed by atoms with Gasteiger partial charge in [0.1, 0.15) is 0 Å². The summed E-state index contributed by atoms with van der Waals surface area (Å²) in [4.78, 5) is 4.26. The minimum Gasteiger partial charge on any atom is -0.372 e. The number of hydrogen-bond acceptors (Lipinski definition) is 3. The van der Waals surface area contributed by atoms with E-state index in [0.717, 1.165) is 11.1 Å². The summed E-state index contributed by atoms with van der Waals surface area (Å²) in [6.45, 7) is 3.83. The largest absolute Gasteiger partial charge is 0.372 e. The van der Waals surface area contributed by atoms with E-state index < -0.39 is 12.5 Å². The van der Waals surface area contributed by atoms with Gasteiger partial charge in [0.25, 0.3) is 0 Å². The molecule has 2 aromatic rings. The monoisotopic (exact) mass is 311 g/mol. The molecule has 0 saturated carbocycles. The predicted molar refractivity (Wildman–Crippen MR) is 89.3 cm³/mol. The second kappa shape index (κ2) is 5.35. The molecule has 0 radical (unpaired) electrons. The first-order valence-corrected chi connectivity index (χ1v) is 8.93. The fourth-order valence-electron chi connectivity index (χ4n) is 2.73. The maximum Gasteiger partial charge on any atom is 0.185 e. The molecule has 1 N–H and O–H groups in total. The van der Waals surface area contributed by atoms with E-state index >= 15 is 0 Å². The van der Waals surface area contributed by atoms with E-state index in [4.69, 9.17) is 0 Å². The third-order valence-corrected chi connectivity index (χ3v) is 7.29. The van der Waals surface area contributed by atoms with E-state index in [-0.39, 0.29) is 0 Å². The molecule has 2 atom stereocenters. The van der Waals surface area contributed by atoms with Crippen LogP contribution in [0, 0.1) is 0 Å². The fraction of sp³-hybridized carbons (Fsp3) is 0.167. The number of pyridine rings is 1. The van der Waals surface area contributed by atoms with Gasteiger partial charge in [0, 0.05) is 11.5 Å². The zero-order valence-corrected chi connectivity index (χ0v) is 13.5. The van der Waals surface area contributed by atoms with Crippen LogP contribution in [0.4, 0.5) is 0 Å². The van der Waals surface area contributed by atoms with E-state index in [1.165, 1.54) is 0 Å². The van der Waals surface area contributed by atoms with Gasteiger partial charge in [-0.05, 0) is 49.0 Å². The van der Waals surface area contributed by atoms with Gasteiger partial charge in [0.05, 0.1) is 5.69 Å². The van der Waals surface area contributed by atoms with Crippen molar-refractivity contribution < 1.29 is 9.67 Å². The van der Waals surface area contributed by atoms with Crippen molar-refractivity contribution in [3.63, 3.8) is 0 Å². The predicted octanol–water partition coefficient (Wildman–Crippen LogP) is 3.78. The van der Waals surface area contributed by atoms with Gasteiger partial charge in [0.2, 0.25) is 0 Å². The molecule has 22 heavy (non-hydrogen) atoms. The Hall–Kier alpha value is -1.96. The summed E-state index contributed by atoms with van der Waals surface area (Å²) in [6.07, 6.45) is 3.29. The van der Waals surface area contributed by atoms with E-state index in [1.807, 2.05) is 32.0 Å². The van der Waals surface area contributed by atoms with Crippen LogP contribution in [-0.2, 0) is 9.91 Å². The summed E-state index contributed by atoms with van der Waals surface area (Å²) in [5, 5.41) is 10.4. The van der Waals surface area contributed by atoms with Crippen molar-refractivity contribution in [2.75, 3.05) is 0 Å². The lowest BCUT2D eigenvalue weighted by molar-refractivity contribution is 0.170. The van der Waals surface area contributed by atoms with Crippen LogP contribution in [0.5, 0.6) is 0 Å². The van der Waals surface area contributed by atoms with Crippen molar-refractivity contribution in [1.82, 2.24) is 4.98 Å². The van der Waals surface area contributed by atoms with Gasteiger partial charge < -0.3 is 9.67 Å². The first-order valence-electron chi connectivity index (χ1n) is 7.16. The maximum atomic E-state index is 13.8. The molecule has 0 aliphatic carbocycles. The summed E-state index contributed by atoms with van der Waals surface area (Å²) in [7, 11) is -3.25. The first kappa shape index (κ1) is 15.0. The van der Waals surface area contributed by atoms with Crippen molar-refractivity contribution in [3.05, 3.63) is 83.5 Å². The van der Waals surface area contributed by atoms with Crippen molar-refractivity contribution >= 4 is 12.4 Å². The van der Waals surface area contributed by atoms with Crippen LogP contribution in [0.25, 0.3) is 0 Å². The molecular formula is C18H18NO2P. The van der Waals surface area contributed by atoms with Crippen molar-refractivity contribution in [1.29, 1.82) is 0 Å². The van der Waals surface area contributed by atoms with E-state index in [2.05, 4.69) is 4.98 Å². The second-order valence-electron chi connectivity index (χ2n) is 5.57. The lowest BCUT2D eigenvalue weighted by Gasteiger charge is -2.36. The number of rotatable bonds is 2. The zero-order chi connectivity index (χ0) is 15.8. The number of hydrogen-bond donors (Lipinski definition) is 1. The molecule has 3 nitrogen and oxygen atoms in total. The number of aliphatic hydroxyl groups is 1. The minimum absolute atomic E-state index is 0.408. The Morgan fingerprint density at radius 1 is 1.00 bits per heavy atom. The Morgan fingerprint density at radius 2 is 1.68 bits per heavy atom. The lowest BCUT2D eigenvalue weighted by atomic mass is 10.1. The summed E-state index contributed by atoms with van der Waals surface area (Å²) in [6, 6.07) is 14.4. The number of nitrogens with zero attached hydrogens (tertiary/aromatic N) is 1. The normalized spacial score (nSPS) is 28.0. The van der Waals surface area contributed by atoms with E-state index in [9.17, 15) is 9.67 Å². The first-order chi connectivity index (χ1) is 10.5. The third kappa shape index (κ3) is 2.18. The highest BCUT2D eigenvalue weighted by Crippen LogP contribution is 2.65. The number of benzene rings is 1. The van der Waals surface area contributed by atoms with E-state index in [0.29, 0.717) is 11.0 Å². The minimum atomic E-state index is -3.25. The van der Waals surface area contributed by atoms with Crippen LogP contribution in [0.1, 0.15) is 19.5 Å². The highest BCUT2D eigenvalue weighted by atomic mass is 31.2. The fourth-order valence-corrected chi connectivity index (χ4v) is 5.69. The van der Waals surface area contributed by atoms with Crippen LogP contribution in [-0.4, -0.2) is 10.1 Å². The second-order valence-corrected chi connectivity index (χ2v) is 8.35. The summed E-state index contributed by atoms with van der Waals surface area (Å²) in [5.74, 6) is 1.71. The summed E-state index contributed by atoms with van der Waals surface area (Å²) >= 11 is 0. The Labute approximate surface area is 130 Å². The zero-order valence-electron chi connectivity index (χ0n) is 12.6. The molecule has 0 spiro atoms. The topological polar surface area (TPSA) is 50.2 Å². The van der Waals surface area contributed by atoms with Gasteiger partial charge in [-0.25, -0.2) is 0 Å². The molecule has 1 aliphatic rings. The van der Waals surface area contributed by atoms with E-state index in [1.54, 1.807) is 48.4 Å². The average molecular weight is 311 g/mol. The van der Waals surface area contributed by atoms with Crippen LogP contribution in [0.15, 0.2) is 77.8 Å². The molecule has 0 amide bonds. The average Bonchev–Trinajstić information content (AvgIpc) is 2.55. The van der Waals surface area contributed by atoms with Gasteiger partial charge in [-0.15, -0.1) is 0 Å². The summed E-state index contributed by atoms with van der Waals surface area (Å²) in [5.41, 5.74) is 2.24. The molecule has 0 unspecified atom stereocenters. The Morgan fingerprint density at radius 3 is 2.32 bits per heavy atom. The SMILES string of the molecule is CC1=C[C@@](O)(c2ccccn2)[P@@](=O)(c2ccccc2)C=C1C. The van der Waals surface area contributed by atoms with Crippen molar-refractivity contribution in [2.45, 2.75) is 19.2 Å². The smallest absolute Gasteiger partial charge is 0.185 e. The molecule has 3 rings (SSSR count). The molecule has 1 aromatic carbocycles. The Kier molecular flexibility index (Phi) is 3.64. The molecule has 0 fully saturated rings. The molecule has 0 saturated heterocycles. The van der Waals surface area contributed by atoms with Crippen molar-refractivity contribution in [2.24, 2.45) is 0 Å². The summed E-state index contributed by atoms with van der Waals surface area (Å²) < 4.78 is 13.8. The van der Waals surface area contributed by atoms with Gasteiger partial charge in [-0.3, -0.25) is 4.98 Å². The van der Waals surface area contributed by atoms with Crippen molar-refractivity contribution in [3.8, 4) is 0 Å². The third-order valence-electron chi connectivity index (χ3n) is 4.10. The quantitative estimate of drug-likeness (QED) is 0.859. The molecule has 112 valence electrons. The van der Waals surface area contributed by atoms with Gasteiger partial charge in [0.15, 0.2) is 12.5 Å². The van der Waals surface area contributed by atoms with Crippen LogP contribution < -0.4 is 5.30 Å². The molecule has 4 heteroatoms. The highest BCUT2D eigenvalue weighted by molar-refractivity contribution is 7.75. The Balaban J connectivity index is 2.29. The molecule has 1 aromatic heterocycles. The van der Waals surface area contributed by atoms with Gasteiger partial charge in [-0.1, -0.05) is 36.4 Å². The van der Waals surface area contributed by atoms with Gasteiger partial charge in [-0.2, -0.15) is 0 Å². The molecular weight excluding hydrogens is 293 g/mol. The number of allylic oxidation sites excluding steroid dienone is 2. The van der Waals surface area contributed by atoms with Gasteiger partial charge >= 0.3 is 0 Å². The van der Waals surface area contributed by atoms with Crippen LogP contribution in [0.2, 0.25) is 0 Å². The van der Waals surface area contributed by atoms with Crippen LogP contribution >= 0.6 is 7.14 Å². The molecule has 2 heterocycles. The lowest BCUT2D eigenvalue weighted by Crippen LogP contribution is -2.31. The number of aromatic nitrogens is 1. The maximum absolute atomic E-state index is 13.8.